The summed E-state index contributed by atoms with van der Waals surface area (Å²) < 4.78 is 0. The highest BCUT2D eigenvalue weighted by Gasteiger charge is 2.22. The number of nitrogens with one attached hydrogen (secondary N) is 1. The number of hydrogen-bond acceptors (Lipinski definition) is 5. The minimum atomic E-state index is -1.02. The van der Waals surface area contributed by atoms with Gasteiger partial charge in [0, 0.05) is 16.6 Å². The number of carbonyl (C=O) groups is 2. The number of carboxylic acids is 1. The molecule has 160 valence electrons. The normalized spacial score (nSPS) is 12.1. The first-order valence-corrected chi connectivity index (χ1v) is 12.1. The third kappa shape index (κ3) is 6.06. The van der Waals surface area contributed by atoms with Crippen molar-refractivity contribution in [3.8, 4) is 11.1 Å². The average molecular weight is 453 g/mol. The highest BCUT2D eigenvalue weighted by atomic mass is 32.2. The molecule has 0 aliphatic carbocycles. The lowest BCUT2D eigenvalue weighted by atomic mass is 9.93. The summed E-state index contributed by atoms with van der Waals surface area (Å²) in [5, 5.41) is 12.2. The SMILES string of the molecule is CSCCC(NC(=O)c1ccc(/C=C/c2cncs2)cc1-c1ccccc1C)C(=O)O. The molecule has 31 heavy (non-hydrogen) atoms. The lowest BCUT2D eigenvalue weighted by molar-refractivity contribution is -0.139. The van der Waals surface area contributed by atoms with E-state index in [0.717, 1.165) is 27.1 Å². The van der Waals surface area contributed by atoms with Crippen LogP contribution in [0.15, 0.2) is 54.2 Å². The van der Waals surface area contributed by atoms with E-state index in [1.54, 1.807) is 40.9 Å². The Labute approximate surface area is 190 Å². The molecule has 0 aliphatic rings. The molecule has 0 saturated heterocycles. The molecule has 2 aromatic carbocycles. The van der Waals surface area contributed by atoms with Crippen molar-refractivity contribution in [2.24, 2.45) is 0 Å². The van der Waals surface area contributed by atoms with E-state index in [2.05, 4.69) is 10.3 Å². The van der Waals surface area contributed by atoms with Gasteiger partial charge in [-0.3, -0.25) is 9.78 Å². The van der Waals surface area contributed by atoms with Gasteiger partial charge >= 0.3 is 5.97 Å². The van der Waals surface area contributed by atoms with Crippen molar-refractivity contribution in [3.05, 3.63) is 75.7 Å². The number of rotatable bonds is 9. The number of thiazole rings is 1. The van der Waals surface area contributed by atoms with Crippen molar-refractivity contribution in [2.45, 2.75) is 19.4 Å². The Balaban J connectivity index is 1.97. The van der Waals surface area contributed by atoms with Crippen LogP contribution in [0, 0.1) is 6.92 Å². The monoisotopic (exact) mass is 452 g/mol. The molecule has 1 heterocycles. The van der Waals surface area contributed by atoms with Gasteiger partial charge in [-0.1, -0.05) is 36.4 Å². The van der Waals surface area contributed by atoms with Crippen molar-refractivity contribution < 1.29 is 14.7 Å². The Kier molecular flexibility index (Phi) is 8.03. The third-order valence-electron chi connectivity index (χ3n) is 4.83. The van der Waals surface area contributed by atoms with Crippen molar-refractivity contribution in [1.29, 1.82) is 0 Å². The molecular formula is C24H24N2O3S2. The number of carboxylic acid groups (broad SMARTS) is 1. The fourth-order valence-corrected chi connectivity index (χ4v) is 4.16. The van der Waals surface area contributed by atoms with Gasteiger partial charge < -0.3 is 10.4 Å². The van der Waals surface area contributed by atoms with E-state index in [1.807, 2.05) is 61.7 Å². The summed E-state index contributed by atoms with van der Waals surface area (Å²) in [6.45, 7) is 2.00. The molecule has 1 unspecified atom stereocenters. The Hall–Kier alpha value is -2.90. The van der Waals surface area contributed by atoms with E-state index in [9.17, 15) is 14.7 Å². The number of nitrogens with zero attached hydrogens (tertiary/aromatic N) is 1. The fraction of sp³-hybridized carbons (Fsp3) is 0.208. The Morgan fingerprint density at radius 2 is 2.00 bits per heavy atom. The predicted molar refractivity (Wildman–Crippen MR) is 130 cm³/mol. The summed E-state index contributed by atoms with van der Waals surface area (Å²) >= 11 is 3.10. The van der Waals surface area contributed by atoms with Crippen molar-refractivity contribution in [2.75, 3.05) is 12.0 Å². The summed E-state index contributed by atoms with van der Waals surface area (Å²) in [6, 6.07) is 12.5. The summed E-state index contributed by atoms with van der Waals surface area (Å²) in [5.74, 6) is -0.753. The van der Waals surface area contributed by atoms with Crippen molar-refractivity contribution in [3.63, 3.8) is 0 Å². The topological polar surface area (TPSA) is 79.3 Å². The maximum atomic E-state index is 13.1. The second-order valence-electron chi connectivity index (χ2n) is 7.00. The molecule has 1 aromatic heterocycles. The summed E-state index contributed by atoms with van der Waals surface area (Å²) in [7, 11) is 0. The average Bonchev–Trinajstić information content (AvgIpc) is 3.29. The van der Waals surface area contributed by atoms with Crippen LogP contribution in [0.5, 0.6) is 0 Å². The van der Waals surface area contributed by atoms with Crippen LogP contribution >= 0.6 is 23.1 Å². The predicted octanol–water partition coefficient (Wildman–Crippen LogP) is 5.23. The first kappa shape index (κ1) is 22.8. The first-order chi connectivity index (χ1) is 15.0. The van der Waals surface area contributed by atoms with Gasteiger partial charge in [0.25, 0.3) is 5.91 Å². The number of aliphatic carboxylic acids is 1. The molecule has 5 nitrogen and oxygen atoms in total. The van der Waals surface area contributed by atoms with Crippen LogP contribution in [0.4, 0.5) is 0 Å². The van der Waals surface area contributed by atoms with Gasteiger partial charge in [-0.25, -0.2) is 4.79 Å². The molecule has 0 bridgehead atoms. The van der Waals surface area contributed by atoms with Crippen molar-refractivity contribution in [1.82, 2.24) is 10.3 Å². The Bertz CT molecular complexity index is 1080. The van der Waals surface area contributed by atoms with Crippen LogP contribution in [-0.2, 0) is 4.79 Å². The van der Waals surface area contributed by atoms with Gasteiger partial charge in [-0.15, -0.1) is 11.3 Å². The van der Waals surface area contributed by atoms with Crippen LogP contribution in [-0.4, -0.2) is 40.0 Å². The lowest BCUT2D eigenvalue weighted by Crippen LogP contribution is -2.41. The maximum Gasteiger partial charge on any atom is 0.326 e. The number of benzene rings is 2. The standard InChI is InChI=1S/C24H24N2O3S2/c1-16-5-3-4-6-19(16)21-13-17(7-9-18-14-25-15-31-18)8-10-20(21)23(27)26-22(24(28)29)11-12-30-2/h3-10,13-15,22H,11-12H2,1-2H3,(H,26,27)(H,28,29)/b9-7+. The molecule has 0 radical (unpaired) electrons. The highest BCUT2D eigenvalue weighted by Crippen LogP contribution is 2.29. The highest BCUT2D eigenvalue weighted by molar-refractivity contribution is 7.98. The molecule has 1 atom stereocenters. The molecule has 0 aliphatic heterocycles. The van der Waals surface area contributed by atoms with Gasteiger partial charge in [0.1, 0.15) is 6.04 Å². The van der Waals surface area contributed by atoms with E-state index in [4.69, 9.17) is 0 Å². The number of aryl methyl sites for hydroxylation is 1. The molecule has 2 N–H and O–H groups in total. The third-order valence-corrected chi connectivity index (χ3v) is 6.21. The molecule has 0 spiro atoms. The summed E-state index contributed by atoms with van der Waals surface area (Å²) in [5.41, 5.74) is 5.94. The van der Waals surface area contributed by atoms with Gasteiger partial charge in [0.15, 0.2) is 0 Å². The zero-order valence-corrected chi connectivity index (χ0v) is 19.0. The number of hydrogen-bond donors (Lipinski definition) is 2. The Morgan fingerprint density at radius 1 is 1.19 bits per heavy atom. The van der Waals surface area contributed by atoms with Gasteiger partial charge in [0.2, 0.25) is 0 Å². The molecule has 0 saturated carbocycles. The van der Waals surface area contributed by atoms with E-state index in [0.29, 0.717) is 17.7 Å². The van der Waals surface area contributed by atoms with Crippen LogP contribution in [0.1, 0.15) is 32.8 Å². The van der Waals surface area contributed by atoms with E-state index in [1.165, 1.54) is 0 Å². The zero-order chi connectivity index (χ0) is 22.2. The largest absolute Gasteiger partial charge is 0.480 e. The van der Waals surface area contributed by atoms with Crippen LogP contribution < -0.4 is 5.32 Å². The van der Waals surface area contributed by atoms with Gasteiger partial charge in [-0.2, -0.15) is 11.8 Å². The molecule has 0 fully saturated rings. The number of aromatic nitrogens is 1. The fourth-order valence-electron chi connectivity index (χ4n) is 3.18. The van der Waals surface area contributed by atoms with Crippen LogP contribution in [0.25, 0.3) is 23.3 Å². The first-order valence-electron chi connectivity index (χ1n) is 9.79. The smallest absolute Gasteiger partial charge is 0.326 e. The second-order valence-corrected chi connectivity index (χ2v) is 8.91. The number of amides is 1. The minimum Gasteiger partial charge on any atom is -0.480 e. The van der Waals surface area contributed by atoms with Crippen molar-refractivity contribution >= 4 is 47.1 Å². The van der Waals surface area contributed by atoms with Crippen LogP contribution in [0.2, 0.25) is 0 Å². The maximum absolute atomic E-state index is 13.1. The lowest BCUT2D eigenvalue weighted by Gasteiger charge is -2.17. The summed E-state index contributed by atoms with van der Waals surface area (Å²) in [6.07, 6.45) is 8.05. The van der Waals surface area contributed by atoms with E-state index in [-0.39, 0.29) is 5.91 Å². The quantitative estimate of drug-likeness (QED) is 0.465. The summed E-state index contributed by atoms with van der Waals surface area (Å²) in [4.78, 5) is 29.8. The second kappa shape index (κ2) is 10.9. The van der Waals surface area contributed by atoms with E-state index < -0.39 is 12.0 Å². The van der Waals surface area contributed by atoms with Crippen LogP contribution in [0.3, 0.4) is 0 Å². The molecular weight excluding hydrogens is 428 g/mol. The minimum absolute atomic E-state index is 0.373. The number of thioether (sulfide) groups is 1. The Morgan fingerprint density at radius 3 is 2.68 bits per heavy atom. The molecule has 1 amide bonds. The van der Waals surface area contributed by atoms with E-state index >= 15 is 0 Å². The van der Waals surface area contributed by atoms with Gasteiger partial charge in [-0.05, 0) is 65.8 Å². The molecule has 3 aromatic rings. The number of carbonyl (C=O) groups excluding carboxylic acids is 1. The molecule has 7 heteroatoms. The molecule has 3 rings (SSSR count). The zero-order valence-electron chi connectivity index (χ0n) is 17.4. The van der Waals surface area contributed by atoms with Gasteiger partial charge in [0.05, 0.1) is 5.51 Å².